The highest BCUT2D eigenvalue weighted by atomic mass is 35.5. The molecule has 0 bridgehead atoms. The molecule has 1 saturated carbocycles. The largest absolute Gasteiger partial charge is 0.371 e. The standard InChI is InChI=1S/C14H19Cl2N/c1-2-17(10-11-4-3-5-11)13-7-6-12(9-15)14(16)8-13/h6-8,11H,2-5,9-10H2,1H3. The van der Waals surface area contributed by atoms with Gasteiger partial charge >= 0.3 is 0 Å². The molecule has 0 heterocycles. The lowest BCUT2D eigenvalue weighted by molar-refractivity contribution is 0.318. The van der Waals surface area contributed by atoms with Crippen molar-refractivity contribution in [2.24, 2.45) is 5.92 Å². The van der Waals surface area contributed by atoms with Crippen LogP contribution >= 0.6 is 23.2 Å². The molecule has 0 unspecified atom stereocenters. The Morgan fingerprint density at radius 2 is 2.12 bits per heavy atom. The molecule has 94 valence electrons. The zero-order valence-corrected chi connectivity index (χ0v) is 11.8. The van der Waals surface area contributed by atoms with Crippen molar-refractivity contribution in [1.82, 2.24) is 0 Å². The average molecular weight is 272 g/mol. The molecule has 0 radical (unpaired) electrons. The summed E-state index contributed by atoms with van der Waals surface area (Å²) in [6, 6.07) is 6.21. The van der Waals surface area contributed by atoms with Crippen LogP contribution in [-0.2, 0) is 5.88 Å². The predicted molar refractivity (Wildman–Crippen MR) is 76.2 cm³/mol. The van der Waals surface area contributed by atoms with Gasteiger partial charge in [0, 0.05) is 29.7 Å². The lowest BCUT2D eigenvalue weighted by atomic mass is 9.85. The van der Waals surface area contributed by atoms with E-state index in [0.717, 1.165) is 29.6 Å². The molecule has 2 rings (SSSR count). The van der Waals surface area contributed by atoms with E-state index in [9.17, 15) is 0 Å². The third kappa shape index (κ3) is 3.08. The van der Waals surface area contributed by atoms with Gasteiger partial charge in [0.2, 0.25) is 0 Å². The molecular formula is C14H19Cl2N. The minimum Gasteiger partial charge on any atom is -0.371 e. The quantitative estimate of drug-likeness (QED) is 0.702. The van der Waals surface area contributed by atoms with Crippen molar-refractivity contribution in [2.75, 3.05) is 18.0 Å². The monoisotopic (exact) mass is 271 g/mol. The number of halogens is 2. The molecule has 17 heavy (non-hydrogen) atoms. The lowest BCUT2D eigenvalue weighted by Crippen LogP contribution is -2.32. The smallest absolute Gasteiger partial charge is 0.0488 e. The summed E-state index contributed by atoms with van der Waals surface area (Å²) in [5.74, 6) is 1.36. The third-order valence-electron chi connectivity index (χ3n) is 3.63. The second kappa shape index (κ2) is 5.97. The summed E-state index contributed by atoms with van der Waals surface area (Å²) in [5.41, 5.74) is 2.23. The van der Waals surface area contributed by atoms with Crippen molar-refractivity contribution < 1.29 is 0 Å². The first-order valence-corrected chi connectivity index (χ1v) is 7.25. The third-order valence-corrected chi connectivity index (χ3v) is 4.27. The lowest BCUT2D eigenvalue weighted by Gasteiger charge is -2.33. The van der Waals surface area contributed by atoms with Gasteiger partial charge in [0.25, 0.3) is 0 Å². The van der Waals surface area contributed by atoms with Crippen LogP contribution in [0.3, 0.4) is 0 Å². The summed E-state index contributed by atoms with van der Waals surface area (Å²) < 4.78 is 0. The van der Waals surface area contributed by atoms with Crippen LogP contribution in [0.1, 0.15) is 31.7 Å². The molecule has 1 fully saturated rings. The second-order valence-electron chi connectivity index (χ2n) is 4.74. The highest BCUT2D eigenvalue weighted by Crippen LogP contribution is 2.30. The number of hydrogen-bond acceptors (Lipinski definition) is 1. The summed E-state index contributed by atoms with van der Waals surface area (Å²) in [6.45, 7) is 4.39. The maximum absolute atomic E-state index is 6.20. The van der Waals surface area contributed by atoms with Gasteiger partial charge in [0.1, 0.15) is 0 Å². The van der Waals surface area contributed by atoms with Crippen molar-refractivity contribution in [3.63, 3.8) is 0 Å². The van der Waals surface area contributed by atoms with E-state index < -0.39 is 0 Å². The van der Waals surface area contributed by atoms with Crippen molar-refractivity contribution in [3.8, 4) is 0 Å². The minimum absolute atomic E-state index is 0.480. The Bertz CT molecular complexity index is 374. The summed E-state index contributed by atoms with van der Waals surface area (Å²) in [4.78, 5) is 2.41. The predicted octanol–water partition coefficient (Wildman–Crippen LogP) is 4.71. The number of nitrogens with zero attached hydrogens (tertiary/aromatic N) is 1. The molecule has 0 aromatic heterocycles. The van der Waals surface area contributed by atoms with E-state index >= 15 is 0 Å². The first kappa shape index (κ1) is 13.0. The zero-order valence-electron chi connectivity index (χ0n) is 10.3. The maximum atomic E-state index is 6.20. The molecule has 0 aliphatic heterocycles. The Labute approximate surface area is 114 Å². The topological polar surface area (TPSA) is 3.24 Å². The molecular weight excluding hydrogens is 253 g/mol. The van der Waals surface area contributed by atoms with E-state index in [2.05, 4.69) is 17.9 Å². The van der Waals surface area contributed by atoms with E-state index in [4.69, 9.17) is 23.2 Å². The summed E-state index contributed by atoms with van der Waals surface area (Å²) in [7, 11) is 0. The normalized spacial score (nSPS) is 15.7. The number of benzene rings is 1. The highest BCUT2D eigenvalue weighted by Gasteiger charge is 2.20. The molecule has 1 nitrogen and oxygen atoms in total. The van der Waals surface area contributed by atoms with Gasteiger partial charge < -0.3 is 4.90 Å². The maximum Gasteiger partial charge on any atom is 0.0488 e. The van der Waals surface area contributed by atoms with E-state index in [1.54, 1.807) is 0 Å². The second-order valence-corrected chi connectivity index (χ2v) is 5.42. The van der Waals surface area contributed by atoms with E-state index in [-0.39, 0.29) is 0 Å². The fourth-order valence-corrected chi connectivity index (χ4v) is 2.79. The van der Waals surface area contributed by atoms with Gasteiger partial charge in [-0.05, 0) is 43.4 Å². The fourth-order valence-electron chi connectivity index (χ4n) is 2.25. The van der Waals surface area contributed by atoms with Crippen LogP contribution < -0.4 is 4.90 Å². The molecule has 0 N–H and O–H groups in total. The number of anilines is 1. The van der Waals surface area contributed by atoms with Crippen LogP contribution in [0.4, 0.5) is 5.69 Å². The van der Waals surface area contributed by atoms with Gasteiger partial charge in [-0.3, -0.25) is 0 Å². The van der Waals surface area contributed by atoms with Gasteiger partial charge in [-0.25, -0.2) is 0 Å². The molecule has 1 aromatic rings. The summed E-state index contributed by atoms with van der Waals surface area (Å²) in [5, 5.41) is 0.782. The Morgan fingerprint density at radius 3 is 2.59 bits per heavy atom. The number of rotatable bonds is 5. The van der Waals surface area contributed by atoms with Gasteiger partial charge in [0.05, 0.1) is 0 Å². The van der Waals surface area contributed by atoms with Crippen molar-refractivity contribution in [3.05, 3.63) is 28.8 Å². The van der Waals surface area contributed by atoms with Crippen LogP contribution in [0.25, 0.3) is 0 Å². The highest BCUT2D eigenvalue weighted by molar-refractivity contribution is 6.32. The number of hydrogen-bond donors (Lipinski definition) is 0. The van der Waals surface area contributed by atoms with E-state index in [0.29, 0.717) is 5.88 Å². The average Bonchev–Trinajstić information content (AvgIpc) is 2.28. The molecule has 1 aromatic carbocycles. The molecule has 0 spiro atoms. The van der Waals surface area contributed by atoms with Gasteiger partial charge in [-0.15, -0.1) is 11.6 Å². The molecule has 1 aliphatic rings. The van der Waals surface area contributed by atoms with Crippen molar-refractivity contribution in [1.29, 1.82) is 0 Å². The summed E-state index contributed by atoms with van der Waals surface area (Å²) >= 11 is 12.0. The van der Waals surface area contributed by atoms with Crippen LogP contribution in [-0.4, -0.2) is 13.1 Å². The summed E-state index contributed by atoms with van der Waals surface area (Å²) in [6.07, 6.45) is 4.15. The van der Waals surface area contributed by atoms with Crippen LogP contribution in [0, 0.1) is 5.92 Å². The first-order chi connectivity index (χ1) is 8.24. The molecule has 3 heteroatoms. The Hall–Kier alpha value is -0.400. The fraction of sp³-hybridized carbons (Fsp3) is 0.571. The molecule has 0 atom stereocenters. The van der Waals surface area contributed by atoms with Crippen molar-refractivity contribution >= 4 is 28.9 Å². The Balaban J connectivity index is 2.09. The Morgan fingerprint density at radius 1 is 1.35 bits per heavy atom. The van der Waals surface area contributed by atoms with Crippen molar-refractivity contribution in [2.45, 2.75) is 32.1 Å². The zero-order chi connectivity index (χ0) is 12.3. The first-order valence-electron chi connectivity index (χ1n) is 6.34. The number of alkyl halides is 1. The minimum atomic E-state index is 0.480. The Kier molecular flexibility index (Phi) is 4.58. The van der Waals surface area contributed by atoms with Gasteiger partial charge in [-0.1, -0.05) is 24.1 Å². The van der Waals surface area contributed by atoms with Crippen LogP contribution in [0.5, 0.6) is 0 Å². The van der Waals surface area contributed by atoms with E-state index in [1.807, 2.05) is 12.1 Å². The van der Waals surface area contributed by atoms with Crippen LogP contribution in [0.15, 0.2) is 18.2 Å². The van der Waals surface area contributed by atoms with Gasteiger partial charge in [-0.2, -0.15) is 0 Å². The molecule has 0 saturated heterocycles. The van der Waals surface area contributed by atoms with Gasteiger partial charge in [0.15, 0.2) is 0 Å². The molecule has 1 aliphatic carbocycles. The SMILES string of the molecule is CCN(CC1CCC1)c1ccc(CCl)c(Cl)c1. The molecule has 0 amide bonds. The van der Waals surface area contributed by atoms with E-state index in [1.165, 1.54) is 24.9 Å². The van der Waals surface area contributed by atoms with Crippen LogP contribution in [0.2, 0.25) is 5.02 Å².